The Morgan fingerprint density at radius 3 is 3.06 bits per heavy atom. The summed E-state index contributed by atoms with van der Waals surface area (Å²) in [5.41, 5.74) is 0. The molecule has 1 fully saturated rings. The van der Waals surface area contributed by atoms with Crippen LogP contribution in [0.15, 0.2) is 4.99 Å². The lowest BCUT2D eigenvalue weighted by atomic mass is 10.1. The summed E-state index contributed by atoms with van der Waals surface area (Å²) in [6, 6.07) is 0.459. The Balaban J connectivity index is 2.18. The predicted molar refractivity (Wildman–Crippen MR) is 76.0 cm³/mol. The molecule has 1 amide bonds. The van der Waals surface area contributed by atoms with Crippen molar-refractivity contribution in [2.24, 2.45) is 10.9 Å². The van der Waals surface area contributed by atoms with Gasteiger partial charge in [0.15, 0.2) is 5.17 Å². The van der Waals surface area contributed by atoms with Gasteiger partial charge in [-0.1, -0.05) is 18.7 Å². The van der Waals surface area contributed by atoms with Crippen LogP contribution < -0.4 is 10.6 Å². The van der Waals surface area contributed by atoms with Gasteiger partial charge in [-0.2, -0.15) is 0 Å². The zero-order valence-electron chi connectivity index (χ0n) is 11.4. The molecule has 18 heavy (non-hydrogen) atoms. The molecule has 1 saturated heterocycles. The first kappa shape index (κ1) is 15.3. The number of nitrogens with zero attached hydrogens (tertiary/aromatic N) is 1. The minimum atomic E-state index is 0.0265. The molecule has 104 valence electrons. The maximum atomic E-state index is 11.4. The summed E-state index contributed by atoms with van der Waals surface area (Å²) in [7, 11) is 1.62. The Hall–Kier alpha value is -0.750. The van der Waals surface area contributed by atoms with Crippen molar-refractivity contribution < 1.29 is 9.53 Å². The van der Waals surface area contributed by atoms with Gasteiger partial charge in [0.1, 0.15) is 0 Å². The summed E-state index contributed by atoms with van der Waals surface area (Å²) in [4.78, 5) is 15.8. The number of amidine groups is 1. The highest BCUT2D eigenvalue weighted by Crippen LogP contribution is 2.19. The van der Waals surface area contributed by atoms with Gasteiger partial charge in [0.2, 0.25) is 5.91 Å². The molecule has 0 saturated carbocycles. The number of carbonyl (C=O) groups excluding carboxylic acids is 1. The fraction of sp³-hybridized carbons (Fsp3) is 0.833. The van der Waals surface area contributed by atoms with Gasteiger partial charge in [0, 0.05) is 31.9 Å². The first-order valence-electron chi connectivity index (χ1n) is 6.33. The van der Waals surface area contributed by atoms with Crippen LogP contribution in [0.3, 0.4) is 0 Å². The largest absolute Gasteiger partial charge is 0.383 e. The van der Waals surface area contributed by atoms with Crippen molar-refractivity contribution >= 4 is 22.8 Å². The number of amides is 1. The zero-order valence-corrected chi connectivity index (χ0v) is 12.2. The molecule has 0 aromatic heterocycles. The first-order chi connectivity index (χ1) is 8.63. The van der Waals surface area contributed by atoms with E-state index in [1.165, 1.54) is 0 Å². The third kappa shape index (κ3) is 5.73. The van der Waals surface area contributed by atoms with E-state index in [0.717, 1.165) is 10.9 Å². The molecule has 0 bridgehead atoms. The molecular formula is C12H23N3O2S. The van der Waals surface area contributed by atoms with E-state index in [4.69, 9.17) is 4.74 Å². The van der Waals surface area contributed by atoms with Gasteiger partial charge >= 0.3 is 0 Å². The second-order valence-electron chi connectivity index (χ2n) is 4.50. The quantitative estimate of drug-likeness (QED) is 0.705. The SMILES string of the molecule is COCCNC(=O)CCN=C1NC(C)C(C)CS1. The fourth-order valence-electron chi connectivity index (χ4n) is 1.46. The molecule has 0 radical (unpaired) electrons. The number of hydrogen-bond donors (Lipinski definition) is 2. The monoisotopic (exact) mass is 273 g/mol. The Kier molecular flexibility index (Phi) is 7.12. The molecule has 5 nitrogen and oxygen atoms in total. The van der Waals surface area contributed by atoms with Crippen LogP contribution in [0.1, 0.15) is 20.3 Å². The molecule has 1 rings (SSSR count). The maximum absolute atomic E-state index is 11.4. The lowest BCUT2D eigenvalue weighted by molar-refractivity contribution is -0.121. The van der Waals surface area contributed by atoms with Gasteiger partial charge < -0.3 is 15.4 Å². The number of carbonyl (C=O) groups is 1. The Morgan fingerprint density at radius 1 is 1.61 bits per heavy atom. The normalized spacial score (nSPS) is 25.8. The smallest absolute Gasteiger partial charge is 0.221 e. The van der Waals surface area contributed by atoms with Gasteiger partial charge in [-0.05, 0) is 12.8 Å². The van der Waals surface area contributed by atoms with Crippen LogP contribution in [-0.4, -0.2) is 49.7 Å². The second-order valence-corrected chi connectivity index (χ2v) is 5.51. The Morgan fingerprint density at radius 2 is 2.39 bits per heavy atom. The van der Waals surface area contributed by atoms with Crippen LogP contribution in [0, 0.1) is 5.92 Å². The summed E-state index contributed by atoms with van der Waals surface area (Å²) < 4.78 is 4.86. The lowest BCUT2D eigenvalue weighted by Gasteiger charge is -2.28. The van der Waals surface area contributed by atoms with E-state index in [9.17, 15) is 4.79 Å². The van der Waals surface area contributed by atoms with E-state index in [-0.39, 0.29) is 5.91 Å². The highest BCUT2D eigenvalue weighted by Gasteiger charge is 2.20. The van der Waals surface area contributed by atoms with E-state index in [2.05, 4.69) is 29.5 Å². The summed E-state index contributed by atoms with van der Waals surface area (Å²) >= 11 is 1.74. The standard InChI is InChI=1S/C12H23N3O2S/c1-9-8-18-12(15-10(9)2)14-5-4-11(16)13-6-7-17-3/h9-10H,4-8H2,1-3H3,(H,13,16)(H,14,15). The van der Waals surface area contributed by atoms with Crippen molar-refractivity contribution in [3.05, 3.63) is 0 Å². The number of methoxy groups -OCH3 is 1. The summed E-state index contributed by atoms with van der Waals surface area (Å²) in [5.74, 6) is 1.78. The number of ether oxygens (including phenoxy) is 1. The van der Waals surface area contributed by atoms with Crippen molar-refractivity contribution in [3.63, 3.8) is 0 Å². The summed E-state index contributed by atoms with van der Waals surface area (Å²) in [6.45, 7) is 6.04. The molecule has 0 aromatic carbocycles. The van der Waals surface area contributed by atoms with Crippen LogP contribution in [0.2, 0.25) is 0 Å². The lowest BCUT2D eigenvalue weighted by Crippen LogP contribution is -2.41. The second kappa shape index (κ2) is 8.37. The molecule has 0 aliphatic carbocycles. The third-order valence-electron chi connectivity index (χ3n) is 2.91. The Bertz CT molecular complexity index is 297. The molecule has 2 unspecified atom stereocenters. The third-order valence-corrected chi connectivity index (χ3v) is 4.12. The van der Waals surface area contributed by atoms with Crippen LogP contribution in [0.25, 0.3) is 0 Å². The van der Waals surface area contributed by atoms with E-state index < -0.39 is 0 Å². The predicted octanol–water partition coefficient (Wildman–Crippen LogP) is 0.856. The molecule has 2 atom stereocenters. The van der Waals surface area contributed by atoms with Crippen molar-refractivity contribution in [1.82, 2.24) is 10.6 Å². The Labute approximate surface area is 113 Å². The zero-order chi connectivity index (χ0) is 13.4. The van der Waals surface area contributed by atoms with E-state index in [0.29, 0.717) is 38.1 Å². The minimum Gasteiger partial charge on any atom is -0.383 e. The van der Waals surface area contributed by atoms with Crippen molar-refractivity contribution in [2.45, 2.75) is 26.3 Å². The molecule has 0 aromatic rings. The number of nitrogens with one attached hydrogen (secondary N) is 2. The van der Waals surface area contributed by atoms with Crippen LogP contribution in [-0.2, 0) is 9.53 Å². The maximum Gasteiger partial charge on any atom is 0.221 e. The van der Waals surface area contributed by atoms with Gasteiger partial charge in [-0.3, -0.25) is 9.79 Å². The van der Waals surface area contributed by atoms with Gasteiger partial charge in [-0.25, -0.2) is 0 Å². The van der Waals surface area contributed by atoms with Crippen LogP contribution >= 0.6 is 11.8 Å². The fourth-order valence-corrected chi connectivity index (χ4v) is 2.63. The molecular weight excluding hydrogens is 250 g/mol. The van der Waals surface area contributed by atoms with Gasteiger partial charge in [-0.15, -0.1) is 0 Å². The number of thioether (sulfide) groups is 1. The molecule has 0 spiro atoms. The summed E-state index contributed by atoms with van der Waals surface area (Å²) in [5, 5.41) is 7.09. The van der Waals surface area contributed by atoms with E-state index in [1.807, 2.05) is 0 Å². The van der Waals surface area contributed by atoms with E-state index >= 15 is 0 Å². The topological polar surface area (TPSA) is 62.7 Å². The van der Waals surface area contributed by atoms with Crippen LogP contribution in [0.5, 0.6) is 0 Å². The van der Waals surface area contributed by atoms with Gasteiger partial charge in [0.25, 0.3) is 0 Å². The van der Waals surface area contributed by atoms with Crippen molar-refractivity contribution in [2.75, 3.05) is 32.6 Å². The van der Waals surface area contributed by atoms with Crippen LogP contribution in [0.4, 0.5) is 0 Å². The van der Waals surface area contributed by atoms with E-state index in [1.54, 1.807) is 18.9 Å². The minimum absolute atomic E-state index is 0.0265. The molecule has 1 heterocycles. The van der Waals surface area contributed by atoms with Crippen molar-refractivity contribution in [1.29, 1.82) is 0 Å². The molecule has 1 aliphatic rings. The first-order valence-corrected chi connectivity index (χ1v) is 7.31. The highest BCUT2D eigenvalue weighted by molar-refractivity contribution is 8.13. The average Bonchev–Trinajstić information content (AvgIpc) is 2.34. The summed E-state index contributed by atoms with van der Waals surface area (Å²) in [6.07, 6.45) is 0.430. The average molecular weight is 273 g/mol. The van der Waals surface area contributed by atoms with Crippen molar-refractivity contribution in [3.8, 4) is 0 Å². The number of rotatable bonds is 6. The molecule has 2 N–H and O–H groups in total. The number of hydrogen-bond acceptors (Lipinski definition) is 4. The number of aliphatic imine (C=N–C) groups is 1. The molecule has 6 heteroatoms. The molecule has 1 aliphatic heterocycles. The highest BCUT2D eigenvalue weighted by atomic mass is 32.2. The van der Waals surface area contributed by atoms with Gasteiger partial charge in [0.05, 0.1) is 13.2 Å².